The van der Waals surface area contributed by atoms with Crippen molar-refractivity contribution in [1.82, 2.24) is 9.97 Å². The molecule has 0 atom stereocenters. The highest BCUT2D eigenvalue weighted by molar-refractivity contribution is 5.90. The average molecular weight is 322 g/mol. The number of para-hydroxylation sites is 1. The Morgan fingerprint density at radius 3 is 2.46 bits per heavy atom. The molecule has 0 fully saturated rings. The van der Waals surface area contributed by atoms with Crippen LogP contribution < -0.4 is 15.0 Å². The lowest BCUT2D eigenvalue weighted by Gasteiger charge is -2.15. The van der Waals surface area contributed by atoms with E-state index in [1.165, 1.54) is 5.56 Å². The zero-order chi connectivity index (χ0) is 16.9. The zero-order valence-electron chi connectivity index (χ0n) is 14.3. The second-order valence-electron chi connectivity index (χ2n) is 5.81. The molecule has 0 saturated heterocycles. The minimum absolute atomic E-state index is 0.658. The Morgan fingerprint density at radius 1 is 1.00 bits per heavy atom. The molecule has 0 unspecified atom stereocenters. The lowest BCUT2D eigenvalue weighted by Crippen LogP contribution is -2.14. The fourth-order valence-electron chi connectivity index (χ4n) is 2.59. The Kier molecular flexibility index (Phi) is 4.79. The maximum atomic E-state index is 5.18. The van der Waals surface area contributed by atoms with Crippen LogP contribution in [0, 0.1) is 0 Å². The number of benzene rings is 2. The van der Waals surface area contributed by atoms with Gasteiger partial charge in [0.15, 0.2) is 0 Å². The van der Waals surface area contributed by atoms with E-state index < -0.39 is 0 Å². The molecule has 0 saturated carbocycles. The highest BCUT2D eigenvalue weighted by Gasteiger charge is 2.08. The number of rotatable bonds is 6. The maximum Gasteiger partial charge on any atom is 0.225 e. The average Bonchev–Trinajstić information content (AvgIpc) is 2.61. The minimum atomic E-state index is 0.658. The summed E-state index contributed by atoms with van der Waals surface area (Å²) in [5.41, 5.74) is 2.19. The fraction of sp³-hybridized carbons (Fsp3) is 0.263. The van der Waals surface area contributed by atoms with Gasteiger partial charge in [0.25, 0.3) is 0 Å². The molecule has 0 aliphatic heterocycles. The van der Waals surface area contributed by atoms with Crippen LogP contribution in [0.15, 0.2) is 48.5 Å². The van der Waals surface area contributed by atoms with Crippen molar-refractivity contribution in [1.29, 1.82) is 0 Å². The Bertz CT molecular complexity index is 815. The predicted octanol–water partition coefficient (Wildman–Crippen LogP) is 3.36. The first-order valence-electron chi connectivity index (χ1n) is 7.98. The number of hydrogen-bond donors (Lipinski definition) is 1. The first-order valence-corrected chi connectivity index (χ1v) is 7.98. The van der Waals surface area contributed by atoms with E-state index in [0.29, 0.717) is 5.95 Å². The molecule has 24 heavy (non-hydrogen) atoms. The maximum absolute atomic E-state index is 5.18. The van der Waals surface area contributed by atoms with Crippen molar-refractivity contribution in [3.8, 4) is 5.75 Å². The highest BCUT2D eigenvalue weighted by atomic mass is 16.5. The van der Waals surface area contributed by atoms with Crippen molar-refractivity contribution in [3.63, 3.8) is 0 Å². The van der Waals surface area contributed by atoms with Gasteiger partial charge in [0.1, 0.15) is 11.6 Å². The lowest BCUT2D eigenvalue weighted by atomic mass is 10.1. The molecule has 124 valence electrons. The number of nitrogens with one attached hydrogen (secondary N) is 1. The number of nitrogens with zero attached hydrogens (tertiary/aromatic N) is 3. The van der Waals surface area contributed by atoms with Gasteiger partial charge in [0.05, 0.1) is 12.6 Å². The quantitative estimate of drug-likeness (QED) is 0.754. The van der Waals surface area contributed by atoms with Gasteiger partial charge in [-0.05, 0) is 36.2 Å². The van der Waals surface area contributed by atoms with E-state index in [-0.39, 0.29) is 0 Å². The summed E-state index contributed by atoms with van der Waals surface area (Å²) in [6, 6.07) is 16.2. The second kappa shape index (κ2) is 7.17. The molecule has 0 aliphatic carbocycles. The lowest BCUT2D eigenvalue weighted by molar-refractivity contribution is 0.414. The number of ether oxygens (including phenoxy) is 1. The molecule has 1 N–H and O–H groups in total. The van der Waals surface area contributed by atoms with E-state index in [0.717, 1.165) is 35.4 Å². The molecule has 0 bridgehead atoms. The standard InChI is InChI=1S/C19H22N4O/c1-23(2)18-16-6-4-5-7-17(16)21-19(22-18)20-13-12-14-8-10-15(24-3)11-9-14/h4-11H,12-13H2,1-3H3,(H,20,21,22). The summed E-state index contributed by atoms with van der Waals surface area (Å²) < 4.78 is 5.18. The molecule has 5 heteroatoms. The van der Waals surface area contributed by atoms with Crippen LogP contribution in [0.5, 0.6) is 5.75 Å². The van der Waals surface area contributed by atoms with Crippen LogP contribution in [-0.4, -0.2) is 37.7 Å². The van der Waals surface area contributed by atoms with E-state index in [1.807, 2.05) is 55.4 Å². The smallest absolute Gasteiger partial charge is 0.225 e. The summed E-state index contributed by atoms with van der Waals surface area (Å²) in [6.07, 6.45) is 0.900. The number of aromatic nitrogens is 2. The van der Waals surface area contributed by atoms with Crippen LogP contribution in [-0.2, 0) is 6.42 Å². The molecule has 2 aromatic carbocycles. The molecule has 0 radical (unpaired) electrons. The summed E-state index contributed by atoms with van der Waals surface area (Å²) in [7, 11) is 5.67. The van der Waals surface area contributed by atoms with Crippen LogP contribution in [0.25, 0.3) is 10.9 Å². The largest absolute Gasteiger partial charge is 0.497 e. The first kappa shape index (κ1) is 16.1. The second-order valence-corrected chi connectivity index (χ2v) is 5.81. The summed E-state index contributed by atoms with van der Waals surface area (Å²) in [4.78, 5) is 11.3. The molecule has 3 aromatic rings. The van der Waals surface area contributed by atoms with Crippen LogP contribution in [0.3, 0.4) is 0 Å². The van der Waals surface area contributed by atoms with Gasteiger partial charge in [-0.3, -0.25) is 0 Å². The summed E-state index contributed by atoms with van der Waals surface area (Å²) >= 11 is 0. The van der Waals surface area contributed by atoms with Gasteiger partial charge in [-0.15, -0.1) is 0 Å². The van der Waals surface area contributed by atoms with Crippen LogP contribution in [0.2, 0.25) is 0 Å². The third kappa shape index (κ3) is 3.56. The van der Waals surface area contributed by atoms with Gasteiger partial charge >= 0.3 is 0 Å². The van der Waals surface area contributed by atoms with Crippen molar-refractivity contribution in [2.24, 2.45) is 0 Å². The highest BCUT2D eigenvalue weighted by Crippen LogP contribution is 2.23. The molecule has 3 rings (SSSR count). The van der Waals surface area contributed by atoms with Gasteiger partial charge in [0, 0.05) is 26.0 Å². The number of methoxy groups -OCH3 is 1. The van der Waals surface area contributed by atoms with Crippen LogP contribution in [0.4, 0.5) is 11.8 Å². The molecule has 5 nitrogen and oxygen atoms in total. The van der Waals surface area contributed by atoms with Gasteiger partial charge in [0.2, 0.25) is 5.95 Å². The van der Waals surface area contributed by atoms with E-state index >= 15 is 0 Å². The van der Waals surface area contributed by atoms with Gasteiger partial charge in [-0.25, -0.2) is 4.98 Å². The summed E-state index contributed by atoms with van der Waals surface area (Å²) in [5.74, 6) is 2.46. The van der Waals surface area contributed by atoms with Crippen molar-refractivity contribution < 1.29 is 4.74 Å². The van der Waals surface area contributed by atoms with Gasteiger partial charge in [-0.1, -0.05) is 24.3 Å². The summed E-state index contributed by atoms with van der Waals surface area (Å²) in [6.45, 7) is 0.775. The van der Waals surface area contributed by atoms with Crippen LogP contribution >= 0.6 is 0 Å². The Labute approximate surface area is 142 Å². The normalized spacial score (nSPS) is 10.6. The van der Waals surface area contributed by atoms with Gasteiger partial charge < -0.3 is 15.0 Å². The predicted molar refractivity (Wildman–Crippen MR) is 99.1 cm³/mol. The third-order valence-electron chi connectivity index (χ3n) is 3.86. The SMILES string of the molecule is COc1ccc(CCNc2nc(N(C)C)c3ccccc3n2)cc1. The van der Waals surface area contributed by atoms with Gasteiger partial charge in [-0.2, -0.15) is 4.98 Å². The fourth-order valence-corrected chi connectivity index (χ4v) is 2.59. The van der Waals surface area contributed by atoms with E-state index in [1.54, 1.807) is 7.11 Å². The van der Waals surface area contributed by atoms with Crippen molar-refractivity contribution in [2.75, 3.05) is 38.0 Å². The zero-order valence-corrected chi connectivity index (χ0v) is 14.3. The topological polar surface area (TPSA) is 50.3 Å². The molecular formula is C19H22N4O. The van der Waals surface area contributed by atoms with Crippen molar-refractivity contribution in [3.05, 3.63) is 54.1 Å². The third-order valence-corrected chi connectivity index (χ3v) is 3.86. The number of anilines is 2. The molecule has 0 spiro atoms. The van der Waals surface area contributed by atoms with E-state index in [2.05, 4.69) is 27.4 Å². The molecule has 1 heterocycles. The molecule has 0 amide bonds. The van der Waals surface area contributed by atoms with Crippen molar-refractivity contribution in [2.45, 2.75) is 6.42 Å². The molecule has 1 aromatic heterocycles. The van der Waals surface area contributed by atoms with E-state index in [9.17, 15) is 0 Å². The summed E-state index contributed by atoms with van der Waals surface area (Å²) in [5, 5.41) is 4.39. The Morgan fingerprint density at radius 2 is 1.75 bits per heavy atom. The Balaban J connectivity index is 1.72. The van der Waals surface area contributed by atoms with Crippen molar-refractivity contribution >= 4 is 22.7 Å². The number of fused-ring (bicyclic) bond motifs is 1. The molecular weight excluding hydrogens is 300 g/mol. The monoisotopic (exact) mass is 322 g/mol. The minimum Gasteiger partial charge on any atom is -0.497 e. The van der Waals surface area contributed by atoms with Crippen LogP contribution in [0.1, 0.15) is 5.56 Å². The van der Waals surface area contributed by atoms with E-state index in [4.69, 9.17) is 4.74 Å². The Hall–Kier alpha value is -2.82. The number of hydrogen-bond acceptors (Lipinski definition) is 5. The molecule has 0 aliphatic rings. The first-order chi connectivity index (χ1) is 11.7.